The van der Waals surface area contributed by atoms with E-state index in [9.17, 15) is 53.1 Å². The van der Waals surface area contributed by atoms with Gasteiger partial charge in [-0.05, 0) is 54.9 Å². The number of nitrogens with zero attached hydrogens (tertiary/aromatic N) is 5. The molecule has 0 unspecified atom stereocenters. The highest BCUT2D eigenvalue weighted by molar-refractivity contribution is 8.00. The van der Waals surface area contributed by atoms with Gasteiger partial charge in [0, 0.05) is 113 Å². The van der Waals surface area contributed by atoms with E-state index in [2.05, 4.69) is 104 Å². The number of nitrogens with two attached hydrogens (primary N) is 3. The number of guanidine groups is 2. The fraction of sp³-hybridized carbons (Fsp3) is 0.416. The number of hydrogen-bond donors (Lipinski definition) is 23. The number of thioether (sulfide) groups is 1. The molecular weight excluding hydrogens is 1580 g/mol. The van der Waals surface area contributed by atoms with E-state index >= 15 is 19.2 Å². The molecule has 43 heteroatoms. The van der Waals surface area contributed by atoms with Gasteiger partial charge >= 0.3 is 0 Å². The van der Waals surface area contributed by atoms with Crippen LogP contribution in [0.5, 0.6) is 0 Å². The molecule has 8 rings (SSSR count). The van der Waals surface area contributed by atoms with E-state index in [-0.39, 0.29) is 95.1 Å². The number of rotatable bonds is 25. The van der Waals surface area contributed by atoms with E-state index in [1.807, 2.05) is 0 Å². The molecule has 1 aliphatic heterocycles. The topological polar surface area (TPSA) is 648 Å². The SMILES string of the molecule is CC[C@@H]1NC(=O)[C@H](Cc2ccccc2)NC(=O)CSC[C@@H](C(=O)NCC(N)=O)NC(=O)[C@H](Cc2cncn2C)NC(=O)[C@H](CCCNC(=N)N)NC(=O)[C@H](Cc2c[nH]cn2)NC(=O)[C@H](Cc2ccccc2)N(C)C(=O)[C@H](CCCNC(=N)N)NC(=O)[C@H](CO)NC(=O)CNC(=O)[C@H](Cc2c[nH]cn2)NC(=O)[C@H](Cc2c[nH]c3ccccc23)NC1=O. The van der Waals surface area contributed by atoms with Crippen LogP contribution in [0.15, 0.2) is 129 Å². The highest BCUT2D eigenvalue weighted by atomic mass is 32.2. The number of carbonyl (C=O) groups is 14. The number of aliphatic hydroxyl groups excluding tert-OH is 1. The molecule has 1 saturated heterocycles. The smallest absolute Gasteiger partial charge is 0.245 e. The quantitative estimate of drug-likeness (QED) is 0.0144. The molecule has 26 N–H and O–H groups in total. The molecule has 3 aromatic carbocycles. The summed E-state index contributed by atoms with van der Waals surface area (Å²) in [5.41, 5.74) is 19.8. The molecule has 120 heavy (non-hydrogen) atoms. The summed E-state index contributed by atoms with van der Waals surface area (Å²) in [7, 11) is 2.86. The summed E-state index contributed by atoms with van der Waals surface area (Å²) in [6.45, 7) is -1.13. The molecular formula is C77H103N27O15S. The third kappa shape index (κ3) is 28.9. The van der Waals surface area contributed by atoms with Crippen LogP contribution in [0.3, 0.4) is 0 Å². The molecule has 1 fully saturated rings. The number of aryl methyl sites for hydroxylation is 1. The number of H-pyrrole nitrogens is 3. The number of benzene rings is 3. The molecule has 11 atom stereocenters. The number of carbonyl (C=O) groups excluding carboxylic acids is 14. The van der Waals surface area contributed by atoms with Crippen LogP contribution < -0.4 is 91.6 Å². The second kappa shape index (κ2) is 46.3. The first kappa shape index (κ1) is 91.8. The minimum Gasteiger partial charge on any atom is -0.394 e. The van der Waals surface area contributed by atoms with Crippen molar-refractivity contribution in [3.05, 3.63) is 162 Å². The number of aromatic nitrogens is 7. The average Bonchev–Trinajstić information content (AvgIpc) is 1.70. The van der Waals surface area contributed by atoms with Crippen LogP contribution in [0, 0.1) is 10.8 Å². The Labute approximate surface area is 693 Å². The minimum absolute atomic E-state index is 0.0164. The van der Waals surface area contributed by atoms with Gasteiger partial charge in [0.15, 0.2) is 11.9 Å². The van der Waals surface area contributed by atoms with Crippen molar-refractivity contribution in [2.24, 2.45) is 24.2 Å². The maximum Gasteiger partial charge on any atom is 0.245 e. The Morgan fingerprint density at radius 1 is 0.533 bits per heavy atom. The van der Waals surface area contributed by atoms with Gasteiger partial charge in [0.25, 0.3) is 0 Å². The number of fused-ring (bicyclic) bond motifs is 1. The van der Waals surface area contributed by atoms with Crippen LogP contribution in [0.4, 0.5) is 0 Å². The van der Waals surface area contributed by atoms with Crippen molar-refractivity contribution < 1.29 is 72.2 Å². The van der Waals surface area contributed by atoms with E-state index < -0.39 is 192 Å². The van der Waals surface area contributed by atoms with Gasteiger partial charge in [-0.3, -0.25) is 77.9 Å². The number of nitrogens with one attached hydrogen (secondary N) is 19. The van der Waals surface area contributed by atoms with Crippen LogP contribution in [0.1, 0.15) is 72.8 Å². The standard InChI is InChI=1S/C77H103N27O15S/c1-4-50-67(111)98-55(27-45-31-88-51-20-12-11-19-49(45)51)70(114)99-56(28-46-32-83-40-91-46)65(109)90-36-63(107)94-59(37-105)73(117)97-53(22-14-24-87-77(81)82)75(119)104(3)61(26-44-17-9-6-10-18-44)74(118)101-57(29-47-33-84-41-92-47)71(115)96-52(21-13-23-86-76(79)80)68(112)100-58(30-48-34-85-42-103(48)2)72(116)102-60(66(110)89-35-62(78)106)38-120-39-64(108)93-54(69(113)95-50)25-43-15-7-5-8-16-43/h5-12,15-20,31-34,40-42,50,52-61,88,105H,4,13-14,21-30,35-39H2,1-3H3,(H2,78,106)(H,83,91)(H,84,92)(H,89,110)(H,90,109)(H,93,108)(H,94,107)(H,95,113)(H,96,115)(H,97,117)(H,98,111)(H,99,114)(H,100,112)(H,101,118)(H,102,116)(H4,79,80,86)(H4,81,82,87)/t50-,52-,53-,54-,55-,56-,57-,58-,59-,60-,61-/m0/s1. The van der Waals surface area contributed by atoms with Gasteiger partial charge in [-0.1, -0.05) is 85.8 Å². The molecule has 0 aliphatic carbocycles. The van der Waals surface area contributed by atoms with Gasteiger partial charge in [-0.25, -0.2) is 15.0 Å². The van der Waals surface area contributed by atoms with Crippen molar-refractivity contribution in [1.82, 2.24) is 114 Å². The molecule has 7 aromatic rings. The van der Waals surface area contributed by atoms with Crippen LogP contribution in [0.2, 0.25) is 0 Å². The van der Waals surface area contributed by atoms with Crippen LogP contribution in [-0.4, -0.2) is 257 Å². The fourth-order valence-corrected chi connectivity index (χ4v) is 13.8. The third-order valence-electron chi connectivity index (χ3n) is 19.3. The Bertz CT molecular complexity index is 4680. The van der Waals surface area contributed by atoms with Crippen molar-refractivity contribution in [1.29, 1.82) is 10.8 Å². The minimum atomic E-state index is -1.83. The summed E-state index contributed by atoms with van der Waals surface area (Å²) < 4.78 is 1.54. The van der Waals surface area contributed by atoms with E-state index in [1.54, 1.807) is 110 Å². The second-order valence-electron chi connectivity index (χ2n) is 28.3. The van der Waals surface area contributed by atoms with Crippen LogP contribution >= 0.6 is 11.8 Å². The zero-order valence-electron chi connectivity index (χ0n) is 66.2. The summed E-state index contributed by atoms with van der Waals surface area (Å²) in [5.74, 6) is -15.1. The second-order valence-corrected chi connectivity index (χ2v) is 29.4. The van der Waals surface area contributed by atoms with Crippen molar-refractivity contribution in [3.8, 4) is 0 Å². The Kier molecular flexibility index (Phi) is 35.4. The number of para-hydroxylation sites is 1. The monoisotopic (exact) mass is 1680 g/mol. The third-order valence-corrected chi connectivity index (χ3v) is 20.4. The number of aromatic amines is 3. The molecule has 1 aliphatic rings. The largest absolute Gasteiger partial charge is 0.394 e. The van der Waals surface area contributed by atoms with E-state index in [0.717, 1.165) is 16.7 Å². The Balaban J connectivity index is 1.18. The van der Waals surface area contributed by atoms with E-state index in [4.69, 9.17) is 28.0 Å². The first-order valence-corrected chi connectivity index (χ1v) is 39.7. The summed E-state index contributed by atoms with van der Waals surface area (Å²) in [4.78, 5) is 226. The van der Waals surface area contributed by atoms with Crippen molar-refractivity contribution >= 4 is 117 Å². The zero-order chi connectivity index (χ0) is 86.8. The predicted octanol–water partition coefficient (Wildman–Crippen LogP) is -5.83. The summed E-state index contributed by atoms with van der Waals surface area (Å²) in [6.07, 6.45) is 7.88. The maximum absolute atomic E-state index is 15.3. The molecule has 0 radical (unpaired) electrons. The predicted molar refractivity (Wildman–Crippen MR) is 438 cm³/mol. The zero-order valence-corrected chi connectivity index (χ0v) is 67.1. The highest BCUT2D eigenvalue weighted by Crippen LogP contribution is 2.21. The summed E-state index contributed by atoms with van der Waals surface area (Å²) in [5, 5.41) is 63.6. The van der Waals surface area contributed by atoms with Crippen LogP contribution in [0.25, 0.3) is 10.9 Å². The molecule has 14 amide bonds. The highest BCUT2D eigenvalue weighted by Gasteiger charge is 2.39. The number of imidazole rings is 3. The number of aliphatic hydroxyl groups is 1. The van der Waals surface area contributed by atoms with E-state index in [0.29, 0.717) is 33.3 Å². The first-order valence-electron chi connectivity index (χ1n) is 38.6. The van der Waals surface area contributed by atoms with Gasteiger partial charge in [-0.15, -0.1) is 11.8 Å². The Hall–Kier alpha value is -13.7. The van der Waals surface area contributed by atoms with Gasteiger partial charge in [0.05, 0.1) is 55.8 Å². The molecule has 0 spiro atoms. The molecule has 642 valence electrons. The molecule has 4 aromatic heterocycles. The Morgan fingerprint density at radius 3 is 1.59 bits per heavy atom. The molecule has 0 saturated carbocycles. The maximum atomic E-state index is 15.3. The van der Waals surface area contributed by atoms with E-state index in [1.165, 1.54) is 44.6 Å². The van der Waals surface area contributed by atoms with Crippen molar-refractivity contribution in [3.63, 3.8) is 0 Å². The molecule has 0 bridgehead atoms. The van der Waals surface area contributed by atoms with Crippen molar-refractivity contribution in [2.45, 2.75) is 144 Å². The number of amides is 14. The van der Waals surface area contributed by atoms with Gasteiger partial charge in [0.1, 0.15) is 66.5 Å². The first-order chi connectivity index (χ1) is 57.6. The van der Waals surface area contributed by atoms with Crippen molar-refractivity contribution in [2.75, 3.05) is 51.3 Å². The molecule has 5 heterocycles. The Morgan fingerprint density at radius 2 is 1.02 bits per heavy atom. The van der Waals surface area contributed by atoms with Crippen LogP contribution in [-0.2, 0) is 113 Å². The number of hydrogen-bond acceptors (Lipinski definition) is 21. The summed E-state index contributed by atoms with van der Waals surface area (Å²) >= 11 is 0.804. The van der Waals surface area contributed by atoms with Gasteiger partial charge < -0.3 is 121 Å². The lowest BCUT2D eigenvalue weighted by Crippen LogP contribution is -2.61. The lowest BCUT2D eigenvalue weighted by Gasteiger charge is -2.33. The molecule has 42 nitrogen and oxygen atoms in total. The lowest BCUT2D eigenvalue weighted by atomic mass is 10.0. The summed E-state index contributed by atoms with van der Waals surface area (Å²) in [6, 6.07) is 6.71. The van der Waals surface area contributed by atoms with Gasteiger partial charge in [0.2, 0.25) is 82.7 Å². The lowest BCUT2D eigenvalue weighted by molar-refractivity contribution is -0.143. The number of primary amides is 1. The number of likely N-dealkylation sites (N-methyl/N-ethyl adjacent to an activating group) is 1. The average molecular weight is 1680 g/mol. The fourth-order valence-electron chi connectivity index (χ4n) is 12.9. The van der Waals surface area contributed by atoms with Gasteiger partial charge in [-0.2, -0.15) is 0 Å². The normalized spacial score (nSPS) is 21.9.